The molecule has 0 heterocycles. The monoisotopic (exact) mass is 436 g/mol. The number of rotatable bonds is 7. The van der Waals surface area contributed by atoms with Gasteiger partial charge in [-0.25, -0.2) is 0 Å². The molecule has 0 unspecified atom stereocenters. The molecule has 0 aliphatic rings. The molecule has 0 aliphatic heterocycles. The van der Waals surface area contributed by atoms with Crippen molar-refractivity contribution in [1.82, 2.24) is 0 Å². The summed E-state index contributed by atoms with van der Waals surface area (Å²) < 4.78 is 13.1. The summed E-state index contributed by atoms with van der Waals surface area (Å²) in [6.45, 7) is 12.4. The molecule has 0 saturated heterocycles. The molecule has 0 atom stereocenters. The Morgan fingerprint density at radius 2 is 1.69 bits per heavy atom. The molecule has 0 saturated carbocycles. The molecule has 0 aromatic heterocycles. The van der Waals surface area contributed by atoms with E-state index in [4.69, 9.17) is 9.16 Å². The Kier molecular flexibility index (Phi) is 7.08. The molecule has 0 aliphatic carbocycles. The molecular formula is C21H29BrO3Si. The van der Waals surface area contributed by atoms with E-state index in [9.17, 15) is 5.11 Å². The maximum atomic E-state index is 9.36. The van der Waals surface area contributed by atoms with Gasteiger partial charge in [0.25, 0.3) is 0 Å². The van der Waals surface area contributed by atoms with Gasteiger partial charge < -0.3 is 14.3 Å². The second-order valence-corrected chi connectivity index (χ2v) is 13.7. The minimum atomic E-state index is -1.76. The fourth-order valence-electron chi connectivity index (χ4n) is 2.21. The largest absolute Gasteiger partial charge is 0.489 e. The van der Waals surface area contributed by atoms with Crippen LogP contribution in [0.3, 0.4) is 0 Å². The zero-order chi connectivity index (χ0) is 19.4. The van der Waals surface area contributed by atoms with Crippen LogP contribution in [0.2, 0.25) is 18.1 Å². The highest BCUT2D eigenvalue weighted by Gasteiger charge is 2.36. The number of aliphatic hydroxyl groups excluding tert-OH is 1. The van der Waals surface area contributed by atoms with Crippen molar-refractivity contribution in [3.05, 3.63) is 63.6 Å². The molecule has 3 nitrogen and oxygen atoms in total. The van der Waals surface area contributed by atoms with Crippen molar-refractivity contribution in [3.63, 3.8) is 0 Å². The van der Waals surface area contributed by atoms with Crippen molar-refractivity contribution in [2.75, 3.05) is 0 Å². The van der Waals surface area contributed by atoms with E-state index in [0.717, 1.165) is 26.9 Å². The average molecular weight is 437 g/mol. The van der Waals surface area contributed by atoms with Gasteiger partial charge in [0, 0.05) is 4.47 Å². The average Bonchev–Trinajstić information content (AvgIpc) is 2.59. The lowest BCUT2D eigenvalue weighted by Gasteiger charge is -2.36. The molecule has 0 radical (unpaired) electrons. The Labute approximate surface area is 166 Å². The summed E-state index contributed by atoms with van der Waals surface area (Å²) in [6.07, 6.45) is 0. The van der Waals surface area contributed by atoms with E-state index in [1.54, 1.807) is 0 Å². The smallest absolute Gasteiger partial charge is 0.192 e. The molecule has 0 spiro atoms. The van der Waals surface area contributed by atoms with Crippen LogP contribution in [-0.4, -0.2) is 13.4 Å². The van der Waals surface area contributed by atoms with Crippen LogP contribution in [0.4, 0.5) is 0 Å². The van der Waals surface area contributed by atoms with Gasteiger partial charge in [-0.3, -0.25) is 0 Å². The summed E-state index contributed by atoms with van der Waals surface area (Å²) in [7, 11) is -1.76. The molecule has 0 bridgehead atoms. The first-order valence-electron chi connectivity index (χ1n) is 8.86. The third-order valence-corrected chi connectivity index (χ3v) is 10.2. The van der Waals surface area contributed by atoms with Crippen LogP contribution >= 0.6 is 15.9 Å². The van der Waals surface area contributed by atoms with E-state index in [0.29, 0.717) is 13.2 Å². The summed E-state index contributed by atoms with van der Waals surface area (Å²) in [5.41, 5.74) is 3.02. The van der Waals surface area contributed by atoms with Crippen molar-refractivity contribution in [2.24, 2.45) is 0 Å². The zero-order valence-corrected chi connectivity index (χ0v) is 18.9. The van der Waals surface area contributed by atoms with E-state index in [1.807, 2.05) is 36.4 Å². The van der Waals surface area contributed by atoms with E-state index in [-0.39, 0.29) is 11.6 Å². The van der Waals surface area contributed by atoms with Crippen LogP contribution < -0.4 is 4.74 Å². The number of aliphatic hydroxyl groups is 1. The Morgan fingerprint density at radius 1 is 1.00 bits per heavy atom. The topological polar surface area (TPSA) is 38.7 Å². The fourth-order valence-corrected chi connectivity index (χ4v) is 3.54. The number of ether oxygens (including phenoxy) is 1. The highest BCUT2D eigenvalue weighted by molar-refractivity contribution is 9.10. The molecule has 142 valence electrons. The predicted octanol–water partition coefficient (Wildman–Crippen LogP) is 6.04. The third kappa shape index (κ3) is 5.68. The van der Waals surface area contributed by atoms with Crippen LogP contribution in [0, 0.1) is 0 Å². The van der Waals surface area contributed by atoms with Gasteiger partial charge in [0.1, 0.15) is 12.4 Å². The van der Waals surface area contributed by atoms with E-state index in [2.05, 4.69) is 55.9 Å². The van der Waals surface area contributed by atoms with Gasteiger partial charge >= 0.3 is 0 Å². The lowest BCUT2D eigenvalue weighted by molar-refractivity contribution is 0.273. The Hall–Kier alpha value is -1.14. The minimum Gasteiger partial charge on any atom is -0.489 e. The van der Waals surface area contributed by atoms with Crippen LogP contribution in [0.15, 0.2) is 46.9 Å². The number of hydrogen-bond donors (Lipinski definition) is 1. The summed E-state index contributed by atoms with van der Waals surface area (Å²) in [5.74, 6) is 0.829. The molecule has 26 heavy (non-hydrogen) atoms. The fraction of sp³-hybridized carbons (Fsp3) is 0.429. The highest BCUT2D eigenvalue weighted by Crippen LogP contribution is 2.37. The molecule has 0 amide bonds. The van der Waals surface area contributed by atoms with Crippen molar-refractivity contribution in [2.45, 2.75) is 58.7 Å². The van der Waals surface area contributed by atoms with E-state index >= 15 is 0 Å². The summed E-state index contributed by atoms with van der Waals surface area (Å²) in [4.78, 5) is 0. The highest BCUT2D eigenvalue weighted by atomic mass is 79.9. The van der Waals surface area contributed by atoms with Crippen molar-refractivity contribution >= 4 is 24.2 Å². The molecule has 0 fully saturated rings. The Balaban J connectivity index is 1.99. The SMILES string of the molecule is CC(C)(C)[Si](C)(C)OCc1cccc(OCc2ccc(Br)c(CO)c2)c1. The standard InChI is InChI=1S/C21H29BrO3Si/c1-21(2,3)26(4,5)25-15-16-7-6-8-19(12-16)24-14-17-9-10-20(22)18(11-17)13-23/h6-12,23H,13-15H2,1-5H3. The van der Waals surface area contributed by atoms with Crippen LogP contribution in [0.25, 0.3) is 0 Å². The summed E-state index contributed by atoms with van der Waals surface area (Å²) >= 11 is 3.43. The van der Waals surface area contributed by atoms with Crippen LogP contribution in [0.1, 0.15) is 37.5 Å². The summed E-state index contributed by atoms with van der Waals surface area (Å²) in [5, 5.41) is 9.57. The summed E-state index contributed by atoms with van der Waals surface area (Å²) in [6, 6.07) is 14.0. The van der Waals surface area contributed by atoms with Crippen LogP contribution in [-0.2, 0) is 24.2 Å². The molecule has 2 aromatic carbocycles. The van der Waals surface area contributed by atoms with Crippen molar-refractivity contribution in [3.8, 4) is 5.75 Å². The van der Waals surface area contributed by atoms with Gasteiger partial charge in [0.05, 0.1) is 13.2 Å². The van der Waals surface area contributed by atoms with E-state index in [1.165, 1.54) is 0 Å². The van der Waals surface area contributed by atoms with Gasteiger partial charge in [-0.2, -0.15) is 0 Å². The van der Waals surface area contributed by atoms with E-state index < -0.39 is 8.32 Å². The predicted molar refractivity (Wildman–Crippen MR) is 113 cm³/mol. The molecule has 2 aromatic rings. The molecule has 1 N–H and O–H groups in total. The first-order valence-corrected chi connectivity index (χ1v) is 12.6. The van der Waals surface area contributed by atoms with Gasteiger partial charge in [-0.15, -0.1) is 0 Å². The lowest BCUT2D eigenvalue weighted by Crippen LogP contribution is -2.40. The molecule has 2 rings (SSSR count). The first-order chi connectivity index (χ1) is 12.1. The maximum Gasteiger partial charge on any atom is 0.192 e. The Bertz CT molecular complexity index is 738. The normalized spacial score (nSPS) is 12.3. The van der Waals surface area contributed by atoms with Crippen LogP contribution in [0.5, 0.6) is 5.75 Å². The van der Waals surface area contributed by atoms with Crippen molar-refractivity contribution < 1.29 is 14.3 Å². The number of hydrogen-bond acceptors (Lipinski definition) is 3. The van der Waals surface area contributed by atoms with Gasteiger partial charge in [0.15, 0.2) is 8.32 Å². The number of benzene rings is 2. The van der Waals surface area contributed by atoms with Gasteiger partial charge in [0.2, 0.25) is 0 Å². The second kappa shape index (κ2) is 8.70. The van der Waals surface area contributed by atoms with Gasteiger partial charge in [-0.05, 0) is 59.1 Å². The Morgan fingerprint density at radius 3 is 2.35 bits per heavy atom. The number of halogens is 1. The second-order valence-electron chi connectivity index (χ2n) is 8.07. The zero-order valence-electron chi connectivity index (χ0n) is 16.3. The first kappa shape index (κ1) is 21.2. The molecule has 5 heteroatoms. The minimum absolute atomic E-state index is 0.00863. The third-order valence-electron chi connectivity index (χ3n) is 4.99. The van der Waals surface area contributed by atoms with Crippen molar-refractivity contribution in [1.29, 1.82) is 0 Å². The lowest BCUT2D eigenvalue weighted by atomic mass is 10.1. The van der Waals surface area contributed by atoms with Gasteiger partial charge in [-0.1, -0.05) is 54.9 Å². The maximum absolute atomic E-state index is 9.36. The molecular weight excluding hydrogens is 408 g/mol. The quantitative estimate of drug-likeness (QED) is 0.537.